The molecule has 0 bridgehead atoms. The van der Waals surface area contributed by atoms with Crippen LogP contribution in [0, 0.1) is 0 Å². The predicted molar refractivity (Wildman–Crippen MR) is 125 cm³/mol. The number of alkyl halides is 3. The van der Waals surface area contributed by atoms with Gasteiger partial charge in [0.25, 0.3) is 0 Å². The number of primary amides is 1. The van der Waals surface area contributed by atoms with E-state index in [0.717, 1.165) is 36.5 Å². The highest BCUT2D eigenvalue weighted by Gasteiger charge is 2.36. The van der Waals surface area contributed by atoms with Crippen LogP contribution >= 0.6 is 11.3 Å². The Labute approximate surface area is 207 Å². The topological polar surface area (TPSA) is 132 Å². The number of amides is 1. The lowest BCUT2D eigenvalue weighted by molar-refractivity contribution is -0.137. The highest BCUT2D eigenvalue weighted by Crippen LogP contribution is 2.37. The molecule has 1 saturated heterocycles. The van der Waals surface area contributed by atoms with Crippen LogP contribution in [-0.4, -0.2) is 53.2 Å². The molecule has 2 aromatic heterocycles. The van der Waals surface area contributed by atoms with Crippen LogP contribution in [0.15, 0.2) is 41.9 Å². The van der Waals surface area contributed by atoms with E-state index in [-0.39, 0.29) is 16.5 Å². The molecule has 10 nitrogen and oxygen atoms in total. The molecule has 4 N–H and O–H groups in total. The number of halogens is 3. The molecule has 3 aromatic rings. The number of morpholine rings is 1. The lowest BCUT2D eigenvalue weighted by Crippen LogP contribution is -2.35. The zero-order valence-corrected chi connectivity index (χ0v) is 19.5. The van der Waals surface area contributed by atoms with Crippen molar-refractivity contribution < 1.29 is 32.2 Å². The number of carbonyl (C=O) groups excluding carboxylic acids is 2. The van der Waals surface area contributed by atoms with E-state index in [4.69, 9.17) is 10.5 Å². The summed E-state index contributed by atoms with van der Waals surface area (Å²) in [6.45, 7) is 3.85. The van der Waals surface area contributed by atoms with Gasteiger partial charge in [-0.15, -0.1) is 11.3 Å². The van der Waals surface area contributed by atoms with Crippen LogP contribution in [0.25, 0.3) is 0 Å². The maximum Gasteiger partial charge on any atom is 0.421 e. The summed E-state index contributed by atoms with van der Waals surface area (Å²) in [6.07, 6.45) is -5.47. The molecule has 0 spiro atoms. The number of esters is 1. The number of aromatic nitrogens is 2. The second kappa shape index (κ2) is 10.9. The SMILES string of the molecule is NC(=O)OC(=O)c1ccsc1Nc1nc(Nc2ccc(CN3CCOCC3)cc2)ncc1C(F)(F)F. The Morgan fingerprint density at radius 3 is 2.53 bits per heavy atom. The van der Waals surface area contributed by atoms with Crippen molar-refractivity contribution in [1.82, 2.24) is 14.9 Å². The van der Waals surface area contributed by atoms with E-state index in [1.54, 1.807) is 12.1 Å². The van der Waals surface area contributed by atoms with Gasteiger partial charge in [0.15, 0.2) is 0 Å². The van der Waals surface area contributed by atoms with Crippen molar-refractivity contribution in [2.45, 2.75) is 12.7 Å². The van der Waals surface area contributed by atoms with Gasteiger partial charge in [0.2, 0.25) is 5.95 Å². The third-order valence-corrected chi connectivity index (χ3v) is 5.95. The summed E-state index contributed by atoms with van der Waals surface area (Å²) in [5.41, 5.74) is 5.19. The van der Waals surface area contributed by atoms with E-state index in [1.807, 2.05) is 12.1 Å². The van der Waals surface area contributed by atoms with Crippen LogP contribution in [0.4, 0.5) is 40.4 Å². The molecule has 4 rings (SSSR count). The molecular weight excluding hydrogens is 501 g/mol. The summed E-state index contributed by atoms with van der Waals surface area (Å²) in [5.74, 6) is -1.78. The van der Waals surface area contributed by atoms with Crippen LogP contribution in [0.1, 0.15) is 21.5 Å². The third kappa shape index (κ3) is 6.47. The second-order valence-corrected chi connectivity index (χ2v) is 8.58. The number of nitrogens with one attached hydrogen (secondary N) is 2. The Kier molecular flexibility index (Phi) is 7.67. The van der Waals surface area contributed by atoms with Gasteiger partial charge in [-0.1, -0.05) is 12.1 Å². The Hall–Kier alpha value is -3.75. The molecule has 0 saturated carbocycles. The van der Waals surface area contributed by atoms with Crippen molar-refractivity contribution in [2.75, 3.05) is 36.9 Å². The number of ether oxygens (including phenoxy) is 2. The monoisotopic (exact) mass is 522 g/mol. The third-order valence-electron chi connectivity index (χ3n) is 5.12. The molecule has 0 aliphatic carbocycles. The van der Waals surface area contributed by atoms with E-state index < -0.39 is 29.6 Å². The molecular formula is C22H21F3N6O4S. The van der Waals surface area contributed by atoms with Crippen molar-refractivity contribution in [3.63, 3.8) is 0 Å². The van der Waals surface area contributed by atoms with E-state index in [1.165, 1.54) is 11.4 Å². The van der Waals surface area contributed by atoms with Gasteiger partial charge in [-0.3, -0.25) is 4.90 Å². The fraction of sp³-hybridized carbons (Fsp3) is 0.273. The van der Waals surface area contributed by atoms with Gasteiger partial charge < -0.3 is 25.8 Å². The maximum atomic E-state index is 13.6. The molecule has 1 fully saturated rings. The highest BCUT2D eigenvalue weighted by atomic mass is 32.1. The van der Waals surface area contributed by atoms with E-state index in [9.17, 15) is 22.8 Å². The molecule has 14 heteroatoms. The minimum Gasteiger partial charge on any atom is -0.379 e. The van der Waals surface area contributed by atoms with Crippen LogP contribution in [-0.2, 0) is 22.2 Å². The molecule has 1 aliphatic rings. The number of anilines is 4. The number of carbonyl (C=O) groups is 2. The number of rotatable bonds is 7. The Morgan fingerprint density at radius 1 is 1.14 bits per heavy atom. The van der Waals surface area contributed by atoms with Crippen LogP contribution in [0.5, 0.6) is 0 Å². The summed E-state index contributed by atoms with van der Waals surface area (Å²) < 4.78 is 50.5. The average Bonchev–Trinajstić information content (AvgIpc) is 3.28. The zero-order chi connectivity index (χ0) is 25.7. The van der Waals surface area contributed by atoms with Gasteiger partial charge in [-0.25, -0.2) is 14.6 Å². The van der Waals surface area contributed by atoms with Crippen molar-refractivity contribution in [1.29, 1.82) is 0 Å². The number of thiophene rings is 1. The van der Waals surface area contributed by atoms with E-state index in [0.29, 0.717) is 25.1 Å². The quantitative estimate of drug-likeness (QED) is 0.310. The van der Waals surface area contributed by atoms with Gasteiger partial charge in [0.1, 0.15) is 16.4 Å². The summed E-state index contributed by atoms with van der Waals surface area (Å²) in [5, 5.41) is 6.81. The smallest absolute Gasteiger partial charge is 0.379 e. The minimum absolute atomic E-state index is 0.0103. The summed E-state index contributed by atoms with van der Waals surface area (Å²) in [4.78, 5) is 32.9. The first kappa shape index (κ1) is 25.3. The van der Waals surface area contributed by atoms with E-state index >= 15 is 0 Å². The fourth-order valence-electron chi connectivity index (χ4n) is 3.41. The van der Waals surface area contributed by atoms with Crippen LogP contribution in [0.2, 0.25) is 0 Å². The molecule has 0 atom stereocenters. The minimum atomic E-state index is -4.77. The van der Waals surface area contributed by atoms with E-state index in [2.05, 4.69) is 30.2 Å². The lowest BCUT2D eigenvalue weighted by Gasteiger charge is -2.26. The van der Waals surface area contributed by atoms with Crippen molar-refractivity contribution >= 4 is 45.9 Å². The molecule has 0 radical (unpaired) electrons. The average molecular weight is 523 g/mol. The number of benzene rings is 1. The van der Waals surface area contributed by atoms with Crippen LogP contribution < -0.4 is 16.4 Å². The first-order valence-electron chi connectivity index (χ1n) is 10.7. The first-order chi connectivity index (χ1) is 17.2. The zero-order valence-electron chi connectivity index (χ0n) is 18.7. The van der Waals surface area contributed by atoms with Gasteiger partial charge in [0.05, 0.1) is 18.8 Å². The lowest BCUT2D eigenvalue weighted by atomic mass is 10.2. The largest absolute Gasteiger partial charge is 0.421 e. The Bertz CT molecular complexity index is 1230. The van der Waals surface area contributed by atoms with Crippen molar-refractivity contribution in [3.8, 4) is 0 Å². The summed E-state index contributed by atoms with van der Waals surface area (Å²) in [6, 6.07) is 8.65. The summed E-state index contributed by atoms with van der Waals surface area (Å²) >= 11 is 0.921. The number of hydrogen-bond acceptors (Lipinski definition) is 10. The van der Waals surface area contributed by atoms with Crippen LogP contribution in [0.3, 0.4) is 0 Å². The standard InChI is InChI=1S/C22H21F3N6O4S/c23-22(24,25)16-11-27-21(28-14-3-1-13(2-4-14)12-31-6-8-34-9-7-31)30-17(16)29-18-15(5-10-36-18)19(32)35-20(26)33/h1-5,10-11H,6-9,12H2,(H2,26,33)(H2,27,28,29,30). The fourth-order valence-corrected chi connectivity index (χ4v) is 4.18. The van der Waals surface area contributed by atoms with Gasteiger partial charge >= 0.3 is 18.2 Å². The predicted octanol–water partition coefficient (Wildman–Crippen LogP) is 4.11. The first-order valence-corrected chi connectivity index (χ1v) is 11.5. The number of hydrogen-bond donors (Lipinski definition) is 3. The molecule has 1 amide bonds. The molecule has 3 heterocycles. The molecule has 190 valence electrons. The normalized spacial score (nSPS) is 14.3. The van der Waals surface area contributed by atoms with Gasteiger partial charge in [-0.2, -0.15) is 18.2 Å². The summed E-state index contributed by atoms with van der Waals surface area (Å²) in [7, 11) is 0. The second-order valence-electron chi connectivity index (χ2n) is 7.66. The van der Waals surface area contributed by atoms with Gasteiger partial charge in [-0.05, 0) is 29.1 Å². The number of nitrogens with zero attached hydrogens (tertiary/aromatic N) is 3. The maximum absolute atomic E-state index is 13.6. The van der Waals surface area contributed by atoms with Crippen molar-refractivity contribution in [3.05, 3.63) is 58.6 Å². The highest BCUT2D eigenvalue weighted by molar-refractivity contribution is 7.14. The Morgan fingerprint density at radius 2 is 1.86 bits per heavy atom. The van der Waals surface area contributed by atoms with Gasteiger partial charge in [0, 0.05) is 31.5 Å². The Balaban J connectivity index is 1.52. The molecule has 0 unspecified atom stereocenters. The van der Waals surface area contributed by atoms with Crippen molar-refractivity contribution in [2.24, 2.45) is 5.73 Å². The number of nitrogens with two attached hydrogens (primary N) is 1. The molecule has 36 heavy (non-hydrogen) atoms. The molecule has 1 aliphatic heterocycles. The molecule has 1 aromatic carbocycles.